The van der Waals surface area contributed by atoms with E-state index in [0.717, 1.165) is 31.1 Å². The molecule has 0 heterocycles. The van der Waals surface area contributed by atoms with E-state index in [4.69, 9.17) is 17.3 Å². The molecule has 0 saturated carbocycles. The van der Waals surface area contributed by atoms with Gasteiger partial charge in [-0.2, -0.15) is 0 Å². The number of hydrogen-bond donors (Lipinski definition) is 1. The lowest BCUT2D eigenvalue weighted by Crippen LogP contribution is -2.23. The Bertz CT molecular complexity index is 315. The van der Waals surface area contributed by atoms with Gasteiger partial charge < -0.3 is 10.6 Å². The van der Waals surface area contributed by atoms with E-state index in [1.165, 1.54) is 5.56 Å². The number of benzene rings is 1. The Morgan fingerprint density at radius 3 is 2.69 bits per heavy atom. The number of nitrogens with zero attached hydrogens (tertiary/aromatic N) is 1. The lowest BCUT2D eigenvalue weighted by Gasteiger charge is -2.19. The van der Waals surface area contributed by atoms with Gasteiger partial charge >= 0.3 is 0 Å². The van der Waals surface area contributed by atoms with Crippen LogP contribution in [0.1, 0.15) is 18.9 Å². The summed E-state index contributed by atoms with van der Waals surface area (Å²) in [5.74, 6) is 0.591. The van der Waals surface area contributed by atoms with Crippen LogP contribution in [0, 0.1) is 5.92 Å². The molecule has 1 aromatic carbocycles. The van der Waals surface area contributed by atoms with Gasteiger partial charge in [-0.1, -0.05) is 36.7 Å². The van der Waals surface area contributed by atoms with Crippen molar-refractivity contribution in [1.29, 1.82) is 0 Å². The predicted octanol–water partition coefficient (Wildman–Crippen LogP) is 2.76. The molecule has 0 fully saturated rings. The van der Waals surface area contributed by atoms with Crippen molar-refractivity contribution in [2.75, 3.05) is 20.1 Å². The Morgan fingerprint density at radius 1 is 1.38 bits per heavy atom. The maximum atomic E-state index is 6.11. The Kier molecular flexibility index (Phi) is 5.81. The molecule has 2 nitrogen and oxygen atoms in total. The van der Waals surface area contributed by atoms with Gasteiger partial charge in [-0.3, -0.25) is 0 Å². The first-order chi connectivity index (χ1) is 7.63. The number of nitrogens with two attached hydrogens (primary N) is 1. The van der Waals surface area contributed by atoms with Crippen LogP contribution in [0.2, 0.25) is 5.02 Å². The molecular formula is C13H21ClN2. The fraction of sp³-hybridized carbons (Fsp3) is 0.538. The molecule has 1 atom stereocenters. The van der Waals surface area contributed by atoms with Gasteiger partial charge in [-0.25, -0.2) is 0 Å². The summed E-state index contributed by atoms with van der Waals surface area (Å²) in [5, 5.41) is 0.848. The summed E-state index contributed by atoms with van der Waals surface area (Å²) in [4.78, 5) is 2.29. The SMILES string of the molecule is CC(CN)CCN(C)Cc1ccccc1Cl. The van der Waals surface area contributed by atoms with Crippen LogP contribution in [0.25, 0.3) is 0 Å². The second-order valence-corrected chi connectivity index (χ2v) is 4.87. The predicted molar refractivity (Wildman–Crippen MR) is 70.6 cm³/mol. The summed E-state index contributed by atoms with van der Waals surface area (Å²) in [7, 11) is 2.12. The summed E-state index contributed by atoms with van der Waals surface area (Å²) in [5.41, 5.74) is 6.78. The van der Waals surface area contributed by atoms with Gasteiger partial charge in [-0.05, 0) is 44.1 Å². The fourth-order valence-corrected chi connectivity index (χ4v) is 1.75. The van der Waals surface area contributed by atoms with Crippen molar-refractivity contribution in [2.24, 2.45) is 11.7 Å². The molecule has 90 valence electrons. The van der Waals surface area contributed by atoms with Crippen molar-refractivity contribution in [3.63, 3.8) is 0 Å². The van der Waals surface area contributed by atoms with Gasteiger partial charge in [-0.15, -0.1) is 0 Å². The van der Waals surface area contributed by atoms with E-state index in [2.05, 4.69) is 24.9 Å². The third-order valence-electron chi connectivity index (χ3n) is 2.80. The molecule has 0 aliphatic carbocycles. The van der Waals surface area contributed by atoms with Crippen molar-refractivity contribution in [3.8, 4) is 0 Å². The number of halogens is 1. The van der Waals surface area contributed by atoms with Crippen molar-refractivity contribution < 1.29 is 0 Å². The van der Waals surface area contributed by atoms with Gasteiger partial charge in [0.1, 0.15) is 0 Å². The minimum Gasteiger partial charge on any atom is -0.330 e. The zero-order valence-corrected chi connectivity index (χ0v) is 10.9. The Labute approximate surface area is 103 Å². The number of rotatable bonds is 6. The van der Waals surface area contributed by atoms with Gasteiger partial charge in [0.25, 0.3) is 0 Å². The highest BCUT2D eigenvalue weighted by Gasteiger charge is 2.05. The second-order valence-electron chi connectivity index (χ2n) is 4.46. The molecule has 16 heavy (non-hydrogen) atoms. The van der Waals surface area contributed by atoms with Crippen LogP contribution in [0.15, 0.2) is 24.3 Å². The Morgan fingerprint density at radius 2 is 2.06 bits per heavy atom. The molecular weight excluding hydrogens is 220 g/mol. The van der Waals surface area contributed by atoms with Crippen LogP contribution < -0.4 is 5.73 Å². The molecule has 0 radical (unpaired) electrons. The standard InChI is InChI=1S/C13H21ClN2/c1-11(9-15)7-8-16(2)10-12-5-3-4-6-13(12)14/h3-6,11H,7-10,15H2,1-2H3. The quantitative estimate of drug-likeness (QED) is 0.829. The first kappa shape index (κ1) is 13.5. The first-order valence-corrected chi connectivity index (χ1v) is 6.13. The zero-order chi connectivity index (χ0) is 12.0. The summed E-state index contributed by atoms with van der Waals surface area (Å²) in [6, 6.07) is 8.00. The summed E-state index contributed by atoms with van der Waals surface area (Å²) < 4.78 is 0. The second kappa shape index (κ2) is 6.89. The van der Waals surface area contributed by atoms with Gasteiger partial charge in [0.05, 0.1) is 0 Å². The van der Waals surface area contributed by atoms with Crippen LogP contribution in [0.3, 0.4) is 0 Å². The molecule has 0 spiro atoms. The Balaban J connectivity index is 2.40. The van der Waals surface area contributed by atoms with Crippen molar-refractivity contribution in [3.05, 3.63) is 34.9 Å². The highest BCUT2D eigenvalue weighted by molar-refractivity contribution is 6.31. The summed E-state index contributed by atoms with van der Waals surface area (Å²) in [6.45, 7) is 4.91. The molecule has 3 heteroatoms. The minimum atomic E-state index is 0.591. The summed E-state index contributed by atoms with van der Waals surface area (Å²) in [6.07, 6.45) is 1.14. The molecule has 1 unspecified atom stereocenters. The highest BCUT2D eigenvalue weighted by Crippen LogP contribution is 2.16. The average Bonchev–Trinajstić information content (AvgIpc) is 2.29. The van der Waals surface area contributed by atoms with Crippen LogP contribution >= 0.6 is 11.6 Å². The van der Waals surface area contributed by atoms with E-state index in [1.54, 1.807) is 0 Å². The van der Waals surface area contributed by atoms with E-state index in [-0.39, 0.29) is 0 Å². The minimum absolute atomic E-state index is 0.591. The molecule has 0 aliphatic heterocycles. The molecule has 0 aromatic heterocycles. The smallest absolute Gasteiger partial charge is 0.0451 e. The molecule has 1 aromatic rings. The van der Waals surface area contributed by atoms with Crippen LogP contribution in [0.5, 0.6) is 0 Å². The number of hydrogen-bond acceptors (Lipinski definition) is 2. The van der Waals surface area contributed by atoms with Crippen molar-refractivity contribution >= 4 is 11.6 Å². The van der Waals surface area contributed by atoms with Crippen LogP contribution in [-0.2, 0) is 6.54 Å². The highest BCUT2D eigenvalue weighted by atomic mass is 35.5. The van der Waals surface area contributed by atoms with Crippen LogP contribution in [-0.4, -0.2) is 25.0 Å². The lowest BCUT2D eigenvalue weighted by atomic mass is 10.1. The third kappa shape index (κ3) is 4.52. The van der Waals surface area contributed by atoms with Crippen molar-refractivity contribution in [2.45, 2.75) is 19.9 Å². The topological polar surface area (TPSA) is 29.3 Å². The van der Waals surface area contributed by atoms with Crippen LogP contribution in [0.4, 0.5) is 0 Å². The molecule has 0 saturated heterocycles. The first-order valence-electron chi connectivity index (χ1n) is 5.75. The van der Waals surface area contributed by atoms with E-state index in [0.29, 0.717) is 5.92 Å². The lowest BCUT2D eigenvalue weighted by molar-refractivity contribution is 0.300. The fourth-order valence-electron chi connectivity index (χ4n) is 1.56. The van der Waals surface area contributed by atoms with E-state index in [9.17, 15) is 0 Å². The molecule has 1 rings (SSSR count). The zero-order valence-electron chi connectivity index (χ0n) is 10.1. The van der Waals surface area contributed by atoms with Gasteiger partial charge in [0.2, 0.25) is 0 Å². The van der Waals surface area contributed by atoms with E-state index >= 15 is 0 Å². The maximum Gasteiger partial charge on any atom is 0.0451 e. The summed E-state index contributed by atoms with van der Waals surface area (Å²) >= 11 is 6.11. The largest absolute Gasteiger partial charge is 0.330 e. The molecule has 0 bridgehead atoms. The molecule has 0 amide bonds. The monoisotopic (exact) mass is 240 g/mol. The van der Waals surface area contributed by atoms with Crippen molar-refractivity contribution in [1.82, 2.24) is 4.90 Å². The van der Waals surface area contributed by atoms with E-state index < -0.39 is 0 Å². The Hall–Kier alpha value is -0.570. The third-order valence-corrected chi connectivity index (χ3v) is 3.17. The average molecular weight is 241 g/mol. The molecule has 2 N–H and O–H groups in total. The van der Waals surface area contributed by atoms with Gasteiger partial charge in [0, 0.05) is 11.6 Å². The maximum absolute atomic E-state index is 6.11. The van der Waals surface area contributed by atoms with E-state index in [1.807, 2.05) is 18.2 Å². The molecule has 0 aliphatic rings. The normalized spacial score (nSPS) is 13.1. The van der Waals surface area contributed by atoms with Gasteiger partial charge in [0.15, 0.2) is 0 Å².